The van der Waals surface area contributed by atoms with Gasteiger partial charge in [-0.2, -0.15) is 5.10 Å². The molecule has 0 radical (unpaired) electrons. The average Bonchev–Trinajstić information content (AvgIpc) is 3.15. The number of fused-ring (bicyclic) bond motifs is 1. The first-order valence-electron chi connectivity index (χ1n) is 9.98. The third-order valence-electron chi connectivity index (χ3n) is 5.15. The molecule has 1 aromatic rings. The molecule has 1 fully saturated rings. The molecule has 0 saturated carbocycles. The van der Waals surface area contributed by atoms with E-state index >= 15 is 0 Å². The summed E-state index contributed by atoms with van der Waals surface area (Å²) in [6.45, 7) is 8.37. The molecule has 1 aromatic heterocycles. The van der Waals surface area contributed by atoms with E-state index in [4.69, 9.17) is 0 Å². The van der Waals surface area contributed by atoms with E-state index < -0.39 is 0 Å². The zero-order valence-electron chi connectivity index (χ0n) is 15.9. The average molecular weight is 361 g/mol. The summed E-state index contributed by atoms with van der Waals surface area (Å²) in [5.74, 6) is 0.259. The van der Waals surface area contributed by atoms with Gasteiger partial charge in [-0.1, -0.05) is 6.92 Å². The van der Waals surface area contributed by atoms with Crippen LogP contribution in [0.3, 0.4) is 0 Å². The minimum Gasteiger partial charge on any atom is -0.350 e. The predicted molar refractivity (Wildman–Crippen MR) is 99.3 cm³/mol. The van der Waals surface area contributed by atoms with Crippen LogP contribution in [0.25, 0.3) is 0 Å². The smallest absolute Gasteiger partial charge is 0.222 e. The maximum atomic E-state index is 12.0. The molecule has 0 bridgehead atoms. The number of nitrogens with zero attached hydrogens (tertiary/aromatic N) is 4. The largest absolute Gasteiger partial charge is 0.350 e. The summed E-state index contributed by atoms with van der Waals surface area (Å²) in [5.41, 5.74) is 2.18. The third kappa shape index (κ3) is 5.06. The zero-order chi connectivity index (χ0) is 18.4. The first kappa shape index (κ1) is 18.9. The summed E-state index contributed by atoms with van der Waals surface area (Å²) >= 11 is 0. The molecule has 3 heterocycles. The first-order chi connectivity index (χ1) is 12.7. The molecule has 1 N–H and O–H groups in total. The van der Waals surface area contributed by atoms with E-state index in [1.807, 2.05) is 4.90 Å². The number of amides is 2. The van der Waals surface area contributed by atoms with Gasteiger partial charge in [0.2, 0.25) is 11.8 Å². The summed E-state index contributed by atoms with van der Waals surface area (Å²) < 4.78 is 2.09. The Labute approximate surface area is 155 Å². The van der Waals surface area contributed by atoms with Gasteiger partial charge < -0.3 is 10.2 Å². The molecule has 0 aliphatic carbocycles. The van der Waals surface area contributed by atoms with Crippen LogP contribution in [-0.2, 0) is 29.2 Å². The van der Waals surface area contributed by atoms with E-state index in [1.165, 1.54) is 12.1 Å². The van der Waals surface area contributed by atoms with Crippen LogP contribution in [0.2, 0.25) is 0 Å². The van der Waals surface area contributed by atoms with Crippen LogP contribution in [0.5, 0.6) is 0 Å². The summed E-state index contributed by atoms with van der Waals surface area (Å²) in [4.78, 5) is 27.9. The fraction of sp³-hybridized carbons (Fsp3) is 0.737. The molecule has 0 unspecified atom stereocenters. The Morgan fingerprint density at radius 1 is 1.23 bits per heavy atom. The van der Waals surface area contributed by atoms with Crippen molar-refractivity contribution >= 4 is 11.8 Å². The van der Waals surface area contributed by atoms with Crippen LogP contribution >= 0.6 is 0 Å². The third-order valence-corrected chi connectivity index (χ3v) is 5.15. The van der Waals surface area contributed by atoms with Gasteiger partial charge in [-0.15, -0.1) is 0 Å². The fourth-order valence-electron chi connectivity index (χ4n) is 3.83. The molecular formula is C19H31N5O2. The number of aromatic nitrogens is 2. The van der Waals surface area contributed by atoms with E-state index in [-0.39, 0.29) is 11.8 Å². The lowest BCUT2D eigenvalue weighted by Crippen LogP contribution is -2.28. The number of nitrogens with one attached hydrogen (secondary N) is 1. The second-order valence-electron chi connectivity index (χ2n) is 7.34. The Kier molecular flexibility index (Phi) is 6.66. The number of carbonyl (C=O) groups excluding carboxylic acids is 2. The molecule has 0 spiro atoms. The Morgan fingerprint density at radius 2 is 2.12 bits per heavy atom. The highest BCUT2D eigenvalue weighted by molar-refractivity contribution is 5.78. The number of aryl methyl sites for hydroxylation is 1. The van der Waals surface area contributed by atoms with Gasteiger partial charge in [0.15, 0.2) is 0 Å². The minimum atomic E-state index is 0.0347. The van der Waals surface area contributed by atoms with Crippen molar-refractivity contribution in [3.63, 3.8) is 0 Å². The number of likely N-dealkylation sites (tertiary alicyclic amines) is 1. The molecule has 1 saturated heterocycles. The molecule has 2 aliphatic rings. The van der Waals surface area contributed by atoms with Gasteiger partial charge in [-0.3, -0.25) is 19.2 Å². The van der Waals surface area contributed by atoms with Crippen molar-refractivity contribution in [1.82, 2.24) is 24.9 Å². The number of hydrogen-bond donors (Lipinski definition) is 1. The number of rotatable bonds is 8. The highest BCUT2D eigenvalue weighted by Gasteiger charge is 2.20. The van der Waals surface area contributed by atoms with Crippen molar-refractivity contribution in [2.45, 2.75) is 65.1 Å². The Balaban J connectivity index is 1.41. The Hall–Kier alpha value is -1.89. The van der Waals surface area contributed by atoms with Crippen molar-refractivity contribution < 1.29 is 9.59 Å². The van der Waals surface area contributed by atoms with Crippen LogP contribution in [0.15, 0.2) is 6.07 Å². The number of carbonyl (C=O) groups is 2. The molecule has 2 aliphatic heterocycles. The zero-order valence-corrected chi connectivity index (χ0v) is 15.9. The van der Waals surface area contributed by atoms with E-state index in [0.29, 0.717) is 25.9 Å². The quantitative estimate of drug-likeness (QED) is 0.762. The summed E-state index contributed by atoms with van der Waals surface area (Å²) in [6.07, 6.45) is 5.08. The lowest BCUT2D eigenvalue weighted by atomic mass is 10.2. The van der Waals surface area contributed by atoms with Crippen molar-refractivity contribution in [2.24, 2.45) is 0 Å². The molecule has 26 heavy (non-hydrogen) atoms. The maximum Gasteiger partial charge on any atom is 0.222 e. The van der Waals surface area contributed by atoms with E-state index in [9.17, 15) is 9.59 Å². The van der Waals surface area contributed by atoms with Gasteiger partial charge in [-0.25, -0.2) is 0 Å². The molecule has 144 valence electrons. The van der Waals surface area contributed by atoms with Crippen molar-refractivity contribution in [1.29, 1.82) is 0 Å². The van der Waals surface area contributed by atoms with Crippen LogP contribution in [0.1, 0.15) is 56.8 Å². The van der Waals surface area contributed by atoms with Gasteiger partial charge in [0.25, 0.3) is 0 Å². The second-order valence-corrected chi connectivity index (χ2v) is 7.34. The normalized spacial score (nSPS) is 18.0. The van der Waals surface area contributed by atoms with Crippen molar-refractivity contribution in [2.75, 3.05) is 26.2 Å². The maximum absolute atomic E-state index is 12.0. The highest BCUT2D eigenvalue weighted by atomic mass is 16.2. The van der Waals surface area contributed by atoms with Crippen molar-refractivity contribution in [3.8, 4) is 0 Å². The topological polar surface area (TPSA) is 70.5 Å². The van der Waals surface area contributed by atoms with Crippen molar-refractivity contribution in [3.05, 3.63) is 17.5 Å². The van der Waals surface area contributed by atoms with E-state index in [0.717, 1.165) is 57.7 Å². The van der Waals surface area contributed by atoms with Gasteiger partial charge >= 0.3 is 0 Å². The molecular weight excluding hydrogens is 330 g/mol. The molecule has 2 amide bonds. The minimum absolute atomic E-state index is 0.0347. The van der Waals surface area contributed by atoms with Crippen LogP contribution in [0, 0.1) is 0 Å². The van der Waals surface area contributed by atoms with Gasteiger partial charge in [-0.05, 0) is 38.3 Å². The summed E-state index contributed by atoms with van der Waals surface area (Å²) in [6, 6.07) is 2.12. The van der Waals surface area contributed by atoms with Gasteiger partial charge in [0.1, 0.15) is 0 Å². The molecule has 7 nitrogen and oxygen atoms in total. The van der Waals surface area contributed by atoms with Gasteiger partial charge in [0.05, 0.1) is 17.9 Å². The van der Waals surface area contributed by atoms with Gasteiger partial charge in [0, 0.05) is 45.6 Å². The lowest BCUT2D eigenvalue weighted by molar-refractivity contribution is -0.128. The molecule has 0 atom stereocenters. The Bertz CT molecular complexity index is 627. The van der Waals surface area contributed by atoms with Crippen LogP contribution in [-0.4, -0.2) is 57.6 Å². The van der Waals surface area contributed by atoms with E-state index in [2.05, 4.69) is 33.0 Å². The fourth-order valence-corrected chi connectivity index (χ4v) is 3.83. The van der Waals surface area contributed by atoms with E-state index in [1.54, 1.807) is 0 Å². The monoisotopic (exact) mass is 361 g/mol. The molecule has 0 aromatic carbocycles. The molecule has 7 heteroatoms. The highest BCUT2D eigenvalue weighted by Crippen LogP contribution is 2.14. The SMILES string of the molecule is CCCN1CCCn2nc(CNC(=O)CCCN3CCCC3=O)cc2C1. The molecule has 3 rings (SSSR count). The standard InChI is InChI=1S/C19H31N5O2/c1-2-8-22-9-5-12-24-17(15-22)13-16(21-24)14-20-18(25)6-3-10-23-11-4-7-19(23)26/h13H,2-12,14-15H2,1H3,(H,20,25). The lowest BCUT2D eigenvalue weighted by Gasteiger charge is -2.17. The summed E-state index contributed by atoms with van der Waals surface area (Å²) in [7, 11) is 0. The second kappa shape index (κ2) is 9.16. The predicted octanol–water partition coefficient (Wildman–Crippen LogP) is 1.52. The van der Waals surface area contributed by atoms with Crippen LogP contribution in [0.4, 0.5) is 0 Å². The first-order valence-corrected chi connectivity index (χ1v) is 9.98. The van der Waals surface area contributed by atoms with Crippen LogP contribution < -0.4 is 5.32 Å². The Morgan fingerprint density at radius 3 is 2.88 bits per heavy atom. The summed E-state index contributed by atoms with van der Waals surface area (Å²) in [5, 5.41) is 7.62. The number of hydrogen-bond acceptors (Lipinski definition) is 4.